The van der Waals surface area contributed by atoms with E-state index in [1.54, 1.807) is 7.11 Å². The van der Waals surface area contributed by atoms with Crippen LogP contribution in [0.3, 0.4) is 0 Å². The molecule has 144 valence electrons. The van der Waals surface area contributed by atoms with Crippen molar-refractivity contribution < 1.29 is 9.53 Å². The molecule has 0 N–H and O–H groups in total. The maximum atomic E-state index is 13.3. The van der Waals surface area contributed by atoms with Gasteiger partial charge in [-0.05, 0) is 57.6 Å². The van der Waals surface area contributed by atoms with Crippen LogP contribution in [0.5, 0.6) is 5.88 Å². The van der Waals surface area contributed by atoms with E-state index in [0.717, 1.165) is 50.2 Å². The highest BCUT2D eigenvalue weighted by atomic mass is 16.5. The van der Waals surface area contributed by atoms with E-state index in [4.69, 9.17) is 4.74 Å². The van der Waals surface area contributed by atoms with E-state index in [0.29, 0.717) is 24.0 Å². The Morgan fingerprint density at radius 1 is 1.30 bits per heavy atom. The molecule has 0 spiro atoms. The molecule has 1 atom stereocenters. The molecule has 4 rings (SSSR count). The van der Waals surface area contributed by atoms with Crippen molar-refractivity contribution >= 4 is 5.91 Å². The second kappa shape index (κ2) is 7.33. The fourth-order valence-electron chi connectivity index (χ4n) is 4.38. The minimum absolute atomic E-state index is 0.0291. The van der Waals surface area contributed by atoms with Crippen molar-refractivity contribution in [3.05, 3.63) is 41.1 Å². The van der Waals surface area contributed by atoms with Crippen LogP contribution in [-0.4, -0.2) is 45.5 Å². The van der Waals surface area contributed by atoms with Crippen LogP contribution in [0.4, 0.5) is 0 Å². The first kappa shape index (κ1) is 18.0. The largest absolute Gasteiger partial charge is 0.480 e. The first-order chi connectivity index (χ1) is 13.1. The summed E-state index contributed by atoms with van der Waals surface area (Å²) in [6.07, 6.45) is 9.03. The molecule has 1 fully saturated rings. The number of fused-ring (bicyclic) bond motifs is 1. The minimum Gasteiger partial charge on any atom is -0.480 e. The van der Waals surface area contributed by atoms with E-state index in [2.05, 4.69) is 28.4 Å². The molecule has 1 aliphatic heterocycles. The lowest BCUT2D eigenvalue weighted by Crippen LogP contribution is -2.40. The molecule has 0 bridgehead atoms. The summed E-state index contributed by atoms with van der Waals surface area (Å²) in [5.74, 6) is 1.85. The highest BCUT2D eigenvalue weighted by Gasteiger charge is 2.31. The summed E-state index contributed by atoms with van der Waals surface area (Å²) < 4.78 is 7.68. The van der Waals surface area contributed by atoms with E-state index in [-0.39, 0.29) is 11.8 Å². The van der Waals surface area contributed by atoms with Gasteiger partial charge >= 0.3 is 0 Å². The van der Waals surface area contributed by atoms with Gasteiger partial charge in [-0.1, -0.05) is 0 Å². The number of hydrogen-bond acceptors (Lipinski definition) is 4. The molecule has 2 aromatic heterocycles. The number of pyridine rings is 1. The lowest BCUT2D eigenvalue weighted by Gasteiger charge is -2.33. The summed E-state index contributed by atoms with van der Waals surface area (Å²) in [4.78, 5) is 24.4. The van der Waals surface area contributed by atoms with Gasteiger partial charge < -0.3 is 14.2 Å². The van der Waals surface area contributed by atoms with Crippen LogP contribution in [0.1, 0.15) is 72.5 Å². The summed E-state index contributed by atoms with van der Waals surface area (Å²) in [7, 11) is 1.60. The maximum Gasteiger partial charge on any atom is 0.259 e. The van der Waals surface area contributed by atoms with Crippen molar-refractivity contribution in [3.8, 4) is 5.88 Å². The number of aryl methyl sites for hydroxylation is 2. The zero-order valence-electron chi connectivity index (χ0n) is 16.4. The van der Waals surface area contributed by atoms with E-state index in [1.165, 1.54) is 5.56 Å². The van der Waals surface area contributed by atoms with Crippen LogP contribution < -0.4 is 4.74 Å². The van der Waals surface area contributed by atoms with Gasteiger partial charge in [0, 0.05) is 43.1 Å². The Balaban J connectivity index is 1.58. The highest BCUT2D eigenvalue weighted by Crippen LogP contribution is 2.31. The molecular formula is C21H28N4O2. The lowest BCUT2D eigenvalue weighted by atomic mass is 9.96. The van der Waals surface area contributed by atoms with Crippen molar-refractivity contribution in [2.24, 2.45) is 0 Å². The summed E-state index contributed by atoms with van der Waals surface area (Å²) in [5, 5.41) is 0. The van der Waals surface area contributed by atoms with Gasteiger partial charge in [-0.3, -0.25) is 4.79 Å². The number of amides is 1. The van der Waals surface area contributed by atoms with Gasteiger partial charge in [-0.2, -0.15) is 0 Å². The number of likely N-dealkylation sites (tertiary alicyclic amines) is 1. The van der Waals surface area contributed by atoms with Gasteiger partial charge in [0.15, 0.2) is 0 Å². The number of hydrogen-bond donors (Lipinski definition) is 0. The van der Waals surface area contributed by atoms with Gasteiger partial charge in [0.05, 0.1) is 7.11 Å². The number of aromatic nitrogens is 3. The average Bonchev–Trinajstić information content (AvgIpc) is 3.35. The molecule has 0 aromatic carbocycles. The SMILES string of the molecule is COc1nc2c(cc1C(=O)N1CCC[C@H](c3nccn3C(C)C)C1)CCC2. The number of methoxy groups -OCH3 is 1. The van der Waals surface area contributed by atoms with E-state index in [1.807, 2.05) is 23.4 Å². The van der Waals surface area contributed by atoms with Gasteiger partial charge in [0.2, 0.25) is 5.88 Å². The molecule has 0 saturated carbocycles. The van der Waals surface area contributed by atoms with Gasteiger partial charge in [-0.15, -0.1) is 0 Å². The molecule has 1 aliphatic carbocycles. The number of carbonyl (C=O) groups excluding carboxylic acids is 1. The normalized spacial score (nSPS) is 19.4. The number of imidazole rings is 1. The number of ether oxygens (including phenoxy) is 1. The molecule has 2 aromatic rings. The van der Waals surface area contributed by atoms with E-state index >= 15 is 0 Å². The Labute approximate surface area is 160 Å². The fourth-order valence-corrected chi connectivity index (χ4v) is 4.38. The molecule has 0 unspecified atom stereocenters. The fraction of sp³-hybridized carbons (Fsp3) is 0.571. The molecule has 3 heterocycles. The molecule has 6 nitrogen and oxygen atoms in total. The van der Waals surface area contributed by atoms with Crippen LogP contribution in [-0.2, 0) is 12.8 Å². The summed E-state index contributed by atoms with van der Waals surface area (Å²) in [6.45, 7) is 5.80. The summed E-state index contributed by atoms with van der Waals surface area (Å²) in [5.41, 5.74) is 2.88. The maximum absolute atomic E-state index is 13.3. The smallest absolute Gasteiger partial charge is 0.259 e. The van der Waals surface area contributed by atoms with Gasteiger partial charge in [-0.25, -0.2) is 9.97 Å². The second-order valence-electron chi connectivity index (χ2n) is 7.88. The third-order valence-corrected chi connectivity index (χ3v) is 5.77. The highest BCUT2D eigenvalue weighted by molar-refractivity contribution is 5.96. The first-order valence-electron chi connectivity index (χ1n) is 9.97. The molecule has 2 aliphatic rings. The third kappa shape index (κ3) is 3.33. The minimum atomic E-state index is 0.0291. The summed E-state index contributed by atoms with van der Waals surface area (Å²) in [6, 6.07) is 2.38. The predicted molar refractivity (Wildman–Crippen MR) is 103 cm³/mol. The zero-order valence-corrected chi connectivity index (χ0v) is 16.4. The van der Waals surface area contributed by atoms with Crippen molar-refractivity contribution in [2.45, 2.75) is 57.9 Å². The molecule has 1 saturated heterocycles. The van der Waals surface area contributed by atoms with Crippen molar-refractivity contribution in [2.75, 3.05) is 20.2 Å². The van der Waals surface area contributed by atoms with Crippen molar-refractivity contribution in [3.63, 3.8) is 0 Å². The molecule has 0 radical (unpaired) electrons. The number of piperidine rings is 1. The molecule has 6 heteroatoms. The number of nitrogens with zero attached hydrogens (tertiary/aromatic N) is 4. The van der Waals surface area contributed by atoms with Crippen LogP contribution in [0.2, 0.25) is 0 Å². The molecule has 27 heavy (non-hydrogen) atoms. The Bertz CT molecular complexity index is 843. The van der Waals surface area contributed by atoms with E-state index < -0.39 is 0 Å². The molecular weight excluding hydrogens is 340 g/mol. The van der Waals surface area contributed by atoms with Crippen molar-refractivity contribution in [1.29, 1.82) is 0 Å². The quantitative estimate of drug-likeness (QED) is 0.830. The monoisotopic (exact) mass is 368 g/mol. The van der Waals surface area contributed by atoms with Crippen molar-refractivity contribution in [1.82, 2.24) is 19.4 Å². The Hall–Kier alpha value is -2.37. The number of carbonyl (C=O) groups is 1. The first-order valence-corrected chi connectivity index (χ1v) is 9.97. The summed E-state index contributed by atoms with van der Waals surface area (Å²) >= 11 is 0. The van der Waals surface area contributed by atoms with Crippen LogP contribution in [0.25, 0.3) is 0 Å². The van der Waals surface area contributed by atoms with E-state index in [9.17, 15) is 4.79 Å². The van der Waals surface area contributed by atoms with Crippen LogP contribution in [0, 0.1) is 0 Å². The second-order valence-corrected chi connectivity index (χ2v) is 7.88. The Kier molecular flexibility index (Phi) is 4.89. The Morgan fingerprint density at radius 3 is 2.93 bits per heavy atom. The Morgan fingerprint density at radius 2 is 2.15 bits per heavy atom. The van der Waals surface area contributed by atoms with Gasteiger partial charge in [0.1, 0.15) is 11.4 Å². The van der Waals surface area contributed by atoms with Crippen LogP contribution >= 0.6 is 0 Å². The third-order valence-electron chi connectivity index (χ3n) is 5.77. The lowest BCUT2D eigenvalue weighted by molar-refractivity contribution is 0.0698. The average molecular weight is 368 g/mol. The topological polar surface area (TPSA) is 60.2 Å². The molecule has 1 amide bonds. The van der Waals surface area contributed by atoms with Gasteiger partial charge in [0.25, 0.3) is 5.91 Å². The van der Waals surface area contributed by atoms with Crippen LogP contribution in [0.15, 0.2) is 18.5 Å². The standard InChI is InChI=1S/C21H28N4O2/c1-14(2)25-11-9-22-19(25)16-7-5-10-24(13-16)21(26)17-12-15-6-4-8-18(15)23-20(17)27-3/h9,11-12,14,16H,4-8,10,13H2,1-3H3/t16-/m0/s1. The predicted octanol–water partition coefficient (Wildman–Crippen LogP) is 3.38. The zero-order chi connectivity index (χ0) is 19.0. The number of rotatable bonds is 4.